The molecule has 0 saturated heterocycles. The molecule has 0 spiro atoms. The lowest BCUT2D eigenvalue weighted by Gasteiger charge is -2.09. The minimum absolute atomic E-state index is 0.265. The number of halogens is 1. The van der Waals surface area contributed by atoms with Gasteiger partial charge in [0.1, 0.15) is 11.4 Å². The van der Waals surface area contributed by atoms with E-state index in [1.807, 2.05) is 0 Å². The van der Waals surface area contributed by atoms with Crippen LogP contribution in [-0.2, 0) is 0 Å². The van der Waals surface area contributed by atoms with Gasteiger partial charge >= 0.3 is 5.97 Å². The van der Waals surface area contributed by atoms with Gasteiger partial charge in [-0.3, -0.25) is 0 Å². The normalized spacial score (nSPS) is 14.8. The highest BCUT2D eigenvalue weighted by molar-refractivity contribution is 5.94. The van der Waals surface area contributed by atoms with Gasteiger partial charge in [-0.2, -0.15) is 0 Å². The van der Waals surface area contributed by atoms with Gasteiger partial charge in [-0.25, -0.2) is 9.18 Å². The Balaban J connectivity index is 2.05. The van der Waals surface area contributed by atoms with Crippen LogP contribution in [0, 0.1) is 11.7 Å². The van der Waals surface area contributed by atoms with Gasteiger partial charge in [-0.05, 0) is 24.5 Å². The Morgan fingerprint density at radius 2 is 2.25 bits per heavy atom. The van der Waals surface area contributed by atoms with Crippen molar-refractivity contribution in [2.45, 2.75) is 19.3 Å². The predicted octanol–water partition coefficient (Wildman–Crippen LogP) is 2.74. The van der Waals surface area contributed by atoms with Gasteiger partial charge < -0.3 is 10.4 Å². The van der Waals surface area contributed by atoms with Gasteiger partial charge in [-0.15, -0.1) is 0 Å². The molecule has 86 valence electrons. The van der Waals surface area contributed by atoms with Crippen LogP contribution in [0.15, 0.2) is 18.2 Å². The molecule has 0 atom stereocenters. The molecule has 0 aromatic heterocycles. The second-order valence-corrected chi connectivity index (χ2v) is 4.13. The Morgan fingerprint density at radius 1 is 1.50 bits per heavy atom. The van der Waals surface area contributed by atoms with Crippen LogP contribution in [0.5, 0.6) is 0 Å². The molecule has 1 saturated carbocycles. The zero-order valence-corrected chi connectivity index (χ0v) is 8.87. The van der Waals surface area contributed by atoms with Gasteiger partial charge in [-0.1, -0.05) is 18.9 Å². The molecular weight excluding hydrogens is 209 g/mol. The lowest BCUT2D eigenvalue weighted by Crippen LogP contribution is -2.10. The number of rotatable bonds is 5. The number of anilines is 1. The molecule has 0 aliphatic heterocycles. The predicted molar refractivity (Wildman–Crippen MR) is 59.2 cm³/mol. The second kappa shape index (κ2) is 4.51. The molecule has 0 radical (unpaired) electrons. The van der Waals surface area contributed by atoms with Crippen LogP contribution in [0.3, 0.4) is 0 Å². The second-order valence-electron chi connectivity index (χ2n) is 4.13. The fraction of sp³-hybridized carbons (Fsp3) is 0.417. The van der Waals surface area contributed by atoms with E-state index in [2.05, 4.69) is 5.32 Å². The summed E-state index contributed by atoms with van der Waals surface area (Å²) in [5, 5.41) is 11.9. The number of hydrogen-bond donors (Lipinski definition) is 2. The van der Waals surface area contributed by atoms with Crippen molar-refractivity contribution in [1.82, 2.24) is 0 Å². The summed E-state index contributed by atoms with van der Waals surface area (Å²) in [6.45, 7) is 0.703. The van der Waals surface area contributed by atoms with Gasteiger partial charge in [0.25, 0.3) is 0 Å². The van der Waals surface area contributed by atoms with E-state index >= 15 is 0 Å². The highest BCUT2D eigenvalue weighted by Crippen LogP contribution is 2.32. The monoisotopic (exact) mass is 223 g/mol. The van der Waals surface area contributed by atoms with Crippen molar-refractivity contribution < 1.29 is 14.3 Å². The molecule has 1 aliphatic carbocycles. The topological polar surface area (TPSA) is 49.3 Å². The zero-order chi connectivity index (χ0) is 11.5. The minimum Gasteiger partial charge on any atom is -0.478 e. The Kier molecular flexibility index (Phi) is 3.08. The maximum absolute atomic E-state index is 13.3. The first-order valence-electron chi connectivity index (χ1n) is 5.44. The maximum atomic E-state index is 13.3. The van der Waals surface area contributed by atoms with E-state index in [0.717, 1.165) is 18.4 Å². The van der Waals surface area contributed by atoms with E-state index in [9.17, 15) is 9.18 Å². The van der Waals surface area contributed by atoms with Gasteiger partial charge in [0.15, 0.2) is 0 Å². The molecule has 1 aromatic carbocycles. The molecule has 1 aliphatic rings. The lowest BCUT2D eigenvalue weighted by molar-refractivity contribution is 0.0693. The highest BCUT2D eigenvalue weighted by atomic mass is 19.1. The molecule has 2 rings (SSSR count). The van der Waals surface area contributed by atoms with E-state index in [-0.39, 0.29) is 5.56 Å². The summed E-state index contributed by atoms with van der Waals surface area (Å²) in [6, 6.07) is 4.27. The third-order valence-electron chi connectivity index (χ3n) is 2.79. The molecule has 16 heavy (non-hydrogen) atoms. The number of nitrogens with one attached hydrogen (secondary N) is 1. The smallest absolute Gasteiger partial charge is 0.340 e. The molecule has 3 nitrogen and oxygen atoms in total. The number of hydrogen-bond acceptors (Lipinski definition) is 2. The third kappa shape index (κ3) is 2.51. The Labute approximate surface area is 93.3 Å². The molecule has 0 heterocycles. The van der Waals surface area contributed by atoms with Crippen molar-refractivity contribution in [3.63, 3.8) is 0 Å². The summed E-state index contributed by atoms with van der Waals surface area (Å²) in [4.78, 5) is 10.9. The number of carboxylic acids is 1. The number of carbonyl (C=O) groups is 1. The molecule has 2 N–H and O–H groups in total. The average Bonchev–Trinajstić information content (AvgIpc) is 3.01. The van der Waals surface area contributed by atoms with Crippen molar-refractivity contribution in [3.8, 4) is 0 Å². The summed E-state index contributed by atoms with van der Waals surface area (Å²) in [5.41, 5.74) is 0.103. The summed E-state index contributed by atoms with van der Waals surface area (Å²) in [7, 11) is 0. The van der Waals surface area contributed by atoms with Crippen molar-refractivity contribution in [1.29, 1.82) is 0 Å². The van der Waals surface area contributed by atoms with Crippen LogP contribution >= 0.6 is 0 Å². The van der Waals surface area contributed by atoms with Gasteiger partial charge in [0.05, 0.1) is 5.69 Å². The van der Waals surface area contributed by atoms with E-state index in [0.29, 0.717) is 12.2 Å². The van der Waals surface area contributed by atoms with Crippen LogP contribution in [0.2, 0.25) is 0 Å². The fourth-order valence-corrected chi connectivity index (χ4v) is 1.71. The zero-order valence-electron chi connectivity index (χ0n) is 8.87. The Morgan fingerprint density at radius 3 is 2.88 bits per heavy atom. The van der Waals surface area contributed by atoms with E-state index in [1.165, 1.54) is 18.9 Å². The molecule has 1 aromatic rings. The van der Waals surface area contributed by atoms with Crippen LogP contribution in [-0.4, -0.2) is 17.6 Å². The maximum Gasteiger partial charge on any atom is 0.340 e. The molecule has 0 amide bonds. The summed E-state index contributed by atoms with van der Waals surface area (Å²) >= 11 is 0. The van der Waals surface area contributed by atoms with E-state index in [1.54, 1.807) is 6.07 Å². The first-order valence-corrected chi connectivity index (χ1v) is 5.44. The molecular formula is C12H14FNO2. The van der Waals surface area contributed by atoms with Crippen LogP contribution < -0.4 is 5.32 Å². The van der Waals surface area contributed by atoms with Crippen LogP contribution in [0.1, 0.15) is 29.6 Å². The molecule has 4 heteroatoms. The number of aromatic carboxylic acids is 1. The standard InChI is InChI=1S/C12H14FNO2/c13-9-2-1-3-10(11(9)12(15)16)14-7-6-8-4-5-8/h1-3,8,14H,4-7H2,(H,15,16). The highest BCUT2D eigenvalue weighted by Gasteiger charge is 2.21. The van der Waals surface area contributed by atoms with Crippen molar-refractivity contribution in [3.05, 3.63) is 29.6 Å². The lowest BCUT2D eigenvalue weighted by atomic mass is 10.1. The molecule has 0 bridgehead atoms. The van der Waals surface area contributed by atoms with Crippen molar-refractivity contribution >= 4 is 11.7 Å². The summed E-state index contributed by atoms with van der Waals surface area (Å²) in [5.74, 6) is -1.15. The fourth-order valence-electron chi connectivity index (χ4n) is 1.71. The SMILES string of the molecule is O=C(O)c1c(F)cccc1NCCC1CC1. The average molecular weight is 223 g/mol. The minimum atomic E-state index is -1.23. The number of carboxylic acid groups (broad SMARTS) is 1. The largest absolute Gasteiger partial charge is 0.478 e. The van der Waals surface area contributed by atoms with Crippen LogP contribution in [0.4, 0.5) is 10.1 Å². The Bertz CT molecular complexity index is 402. The van der Waals surface area contributed by atoms with E-state index in [4.69, 9.17) is 5.11 Å². The number of benzene rings is 1. The van der Waals surface area contributed by atoms with Crippen molar-refractivity contribution in [2.24, 2.45) is 5.92 Å². The molecule has 0 unspecified atom stereocenters. The van der Waals surface area contributed by atoms with E-state index < -0.39 is 11.8 Å². The third-order valence-corrected chi connectivity index (χ3v) is 2.79. The van der Waals surface area contributed by atoms with Crippen molar-refractivity contribution in [2.75, 3.05) is 11.9 Å². The summed E-state index contributed by atoms with van der Waals surface area (Å²) < 4.78 is 13.3. The first kappa shape index (κ1) is 10.9. The Hall–Kier alpha value is -1.58. The first-order chi connectivity index (χ1) is 7.68. The summed E-state index contributed by atoms with van der Waals surface area (Å²) in [6.07, 6.45) is 3.54. The van der Waals surface area contributed by atoms with Crippen LogP contribution in [0.25, 0.3) is 0 Å². The van der Waals surface area contributed by atoms with Gasteiger partial charge in [0.2, 0.25) is 0 Å². The molecule has 1 fully saturated rings. The quantitative estimate of drug-likeness (QED) is 0.806. The van der Waals surface area contributed by atoms with Gasteiger partial charge in [0, 0.05) is 6.54 Å².